The number of hydrogen-bond donors (Lipinski definition) is 3. The van der Waals surface area contributed by atoms with Crippen LogP contribution in [-0.4, -0.2) is 33.6 Å². The molecule has 0 bridgehead atoms. The Morgan fingerprint density at radius 2 is 2.05 bits per heavy atom. The lowest BCUT2D eigenvalue weighted by Crippen LogP contribution is -2.10. The second kappa shape index (κ2) is 6.14. The van der Waals surface area contributed by atoms with Crippen molar-refractivity contribution in [3.8, 4) is 6.01 Å². The zero-order chi connectivity index (χ0) is 13.7. The van der Waals surface area contributed by atoms with Crippen molar-refractivity contribution in [1.82, 2.24) is 19.9 Å². The van der Waals surface area contributed by atoms with Gasteiger partial charge >= 0.3 is 10.9 Å². The normalized spacial score (nSPS) is 10.2. The van der Waals surface area contributed by atoms with Crippen molar-refractivity contribution in [2.24, 2.45) is 0 Å². The van der Waals surface area contributed by atoms with Crippen molar-refractivity contribution >= 4 is 23.2 Å². The van der Waals surface area contributed by atoms with Crippen LogP contribution in [0.25, 0.3) is 0 Å². The minimum atomic E-state index is -0.0848. The van der Waals surface area contributed by atoms with Crippen LogP contribution in [0.4, 0.5) is 11.9 Å². The molecule has 9 heteroatoms. The van der Waals surface area contributed by atoms with Gasteiger partial charge in [0.2, 0.25) is 11.9 Å². The summed E-state index contributed by atoms with van der Waals surface area (Å²) in [6.45, 7) is 3.07. The van der Waals surface area contributed by atoms with Crippen molar-refractivity contribution in [1.29, 1.82) is 0 Å². The van der Waals surface area contributed by atoms with Crippen molar-refractivity contribution in [3.05, 3.63) is 20.7 Å². The molecule has 0 unspecified atom stereocenters. The molecule has 0 saturated carbocycles. The van der Waals surface area contributed by atoms with E-state index in [-0.39, 0.29) is 10.9 Å². The van der Waals surface area contributed by atoms with Crippen molar-refractivity contribution in [2.75, 3.05) is 24.3 Å². The summed E-state index contributed by atoms with van der Waals surface area (Å²) in [6.07, 6.45) is 0. The van der Waals surface area contributed by atoms with Gasteiger partial charge in [0.05, 0.1) is 13.7 Å². The number of aromatic nitrogens is 4. The largest absolute Gasteiger partial charge is 0.467 e. The number of hydrogen-bond acceptors (Lipinski definition) is 8. The fourth-order valence-electron chi connectivity index (χ4n) is 1.34. The molecule has 2 heterocycles. The Morgan fingerprint density at radius 1 is 1.32 bits per heavy atom. The lowest BCUT2D eigenvalue weighted by molar-refractivity contribution is 0.379. The van der Waals surface area contributed by atoms with Gasteiger partial charge in [-0.3, -0.25) is 4.79 Å². The van der Waals surface area contributed by atoms with Crippen LogP contribution < -0.4 is 20.2 Å². The second-order valence-electron chi connectivity index (χ2n) is 3.53. The third kappa shape index (κ3) is 3.65. The van der Waals surface area contributed by atoms with Gasteiger partial charge in [-0.15, -0.1) is 0 Å². The Bertz CT molecular complexity index is 596. The zero-order valence-electron chi connectivity index (χ0n) is 10.6. The molecule has 0 spiro atoms. The molecule has 0 aromatic carbocycles. The summed E-state index contributed by atoms with van der Waals surface area (Å²) in [6, 6.07) is 0.229. The molecule has 0 radical (unpaired) electrons. The number of ether oxygens (including phenoxy) is 1. The average molecular weight is 282 g/mol. The number of nitrogens with one attached hydrogen (secondary N) is 3. The molecule has 8 nitrogen and oxygen atoms in total. The van der Waals surface area contributed by atoms with Crippen LogP contribution in [0.3, 0.4) is 0 Å². The summed E-state index contributed by atoms with van der Waals surface area (Å²) in [5.74, 6) is 0.825. The molecular formula is C10H14N6O2S. The number of methoxy groups -OCH3 is 1. The van der Waals surface area contributed by atoms with E-state index in [0.717, 1.165) is 17.0 Å². The Balaban J connectivity index is 2.10. The van der Waals surface area contributed by atoms with Gasteiger partial charge in [-0.25, -0.2) is 0 Å². The van der Waals surface area contributed by atoms with Gasteiger partial charge in [0, 0.05) is 17.6 Å². The molecule has 102 valence electrons. The van der Waals surface area contributed by atoms with E-state index in [0.29, 0.717) is 25.0 Å². The molecule has 3 N–H and O–H groups in total. The number of thiazole rings is 1. The third-order valence-corrected chi connectivity index (χ3v) is 2.86. The Morgan fingerprint density at radius 3 is 2.63 bits per heavy atom. The maximum Gasteiger partial charge on any atom is 0.322 e. The van der Waals surface area contributed by atoms with Gasteiger partial charge in [0.25, 0.3) is 0 Å². The SMILES string of the molecule is CCNc1nc(NCc2csc(=O)[nH]2)nc(OC)n1. The highest BCUT2D eigenvalue weighted by Crippen LogP contribution is 2.11. The molecule has 0 amide bonds. The van der Waals surface area contributed by atoms with Crippen molar-refractivity contribution < 1.29 is 4.74 Å². The van der Waals surface area contributed by atoms with Gasteiger partial charge in [-0.2, -0.15) is 15.0 Å². The van der Waals surface area contributed by atoms with Crippen LogP contribution in [0.1, 0.15) is 12.6 Å². The summed E-state index contributed by atoms with van der Waals surface area (Å²) in [7, 11) is 1.49. The quantitative estimate of drug-likeness (QED) is 0.715. The number of aromatic amines is 1. The van der Waals surface area contributed by atoms with Crippen LogP contribution in [0.15, 0.2) is 10.2 Å². The van der Waals surface area contributed by atoms with Gasteiger partial charge in [0.15, 0.2) is 0 Å². The van der Waals surface area contributed by atoms with E-state index < -0.39 is 0 Å². The van der Waals surface area contributed by atoms with Crippen molar-refractivity contribution in [3.63, 3.8) is 0 Å². The van der Waals surface area contributed by atoms with Crippen LogP contribution in [0, 0.1) is 0 Å². The van der Waals surface area contributed by atoms with E-state index in [4.69, 9.17) is 4.74 Å². The van der Waals surface area contributed by atoms with Crippen molar-refractivity contribution in [2.45, 2.75) is 13.5 Å². The van der Waals surface area contributed by atoms with E-state index >= 15 is 0 Å². The Labute approximate surface area is 113 Å². The van der Waals surface area contributed by atoms with Gasteiger partial charge in [-0.05, 0) is 6.92 Å². The summed E-state index contributed by atoms with van der Waals surface area (Å²) in [5, 5.41) is 7.74. The molecule has 0 atom stereocenters. The third-order valence-electron chi connectivity index (χ3n) is 2.14. The summed E-state index contributed by atoms with van der Waals surface area (Å²) in [5.41, 5.74) is 0.777. The number of H-pyrrole nitrogens is 1. The molecule has 2 aromatic heterocycles. The summed E-state index contributed by atoms with van der Waals surface area (Å²) >= 11 is 1.12. The first-order valence-electron chi connectivity index (χ1n) is 5.65. The molecular weight excluding hydrogens is 268 g/mol. The van der Waals surface area contributed by atoms with Gasteiger partial charge in [-0.1, -0.05) is 11.3 Å². The minimum Gasteiger partial charge on any atom is -0.467 e. The number of rotatable bonds is 6. The number of anilines is 2. The monoisotopic (exact) mass is 282 g/mol. The fourth-order valence-corrected chi connectivity index (χ4v) is 1.92. The molecule has 0 aliphatic rings. The predicted octanol–water partition coefficient (Wildman–Crippen LogP) is 0.674. The highest BCUT2D eigenvalue weighted by molar-refractivity contribution is 7.07. The van der Waals surface area contributed by atoms with Gasteiger partial charge in [0.1, 0.15) is 0 Å². The van der Waals surface area contributed by atoms with Gasteiger partial charge < -0.3 is 20.4 Å². The first-order chi connectivity index (χ1) is 9.21. The average Bonchev–Trinajstić information content (AvgIpc) is 2.82. The van der Waals surface area contributed by atoms with Crippen LogP contribution >= 0.6 is 11.3 Å². The first-order valence-corrected chi connectivity index (χ1v) is 6.53. The Hall–Kier alpha value is -2.16. The van der Waals surface area contributed by atoms with Crippen LogP contribution in [0.2, 0.25) is 0 Å². The minimum absolute atomic E-state index is 0.0848. The molecule has 0 saturated heterocycles. The van der Waals surface area contributed by atoms with Crippen LogP contribution in [-0.2, 0) is 6.54 Å². The summed E-state index contributed by atoms with van der Waals surface area (Å²) < 4.78 is 5.00. The maximum absolute atomic E-state index is 11.0. The van der Waals surface area contributed by atoms with E-state index in [1.807, 2.05) is 6.92 Å². The lowest BCUT2D eigenvalue weighted by Gasteiger charge is -2.07. The highest BCUT2D eigenvalue weighted by Gasteiger charge is 2.06. The summed E-state index contributed by atoms with van der Waals surface area (Å²) in [4.78, 5) is 25.9. The first kappa shape index (κ1) is 13.3. The predicted molar refractivity (Wildman–Crippen MR) is 72.8 cm³/mol. The zero-order valence-corrected chi connectivity index (χ0v) is 11.4. The molecule has 2 aromatic rings. The van der Waals surface area contributed by atoms with Crippen LogP contribution in [0.5, 0.6) is 6.01 Å². The highest BCUT2D eigenvalue weighted by atomic mass is 32.1. The number of nitrogens with zero attached hydrogens (tertiary/aromatic N) is 3. The maximum atomic E-state index is 11.0. The lowest BCUT2D eigenvalue weighted by atomic mass is 10.5. The topological polar surface area (TPSA) is 105 Å². The fraction of sp³-hybridized carbons (Fsp3) is 0.400. The Kier molecular flexibility index (Phi) is 4.29. The standard InChI is InChI=1S/C10H14N6O2S/c1-3-11-7-14-8(16-9(15-7)18-2)12-4-6-5-19-10(17)13-6/h5H,3-4H2,1-2H3,(H,13,17)(H2,11,12,14,15,16). The molecule has 19 heavy (non-hydrogen) atoms. The molecule has 2 rings (SSSR count). The molecule has 0 fully saturated rings. The molecule has 0 aliphatic carbocycles. The van der Waals surface area contributed by atoms with E-state index in [1.165, 1.54) is 7.11 Å². The smallest absolute Gasteiger partial charge is 0.322 e. The molecule has 0 aliphatic heterocycles. The van der Waals surface area contributed by atoms with E-state index in [2.05, 4.69) is 30.6 Å². The second-order valence-corrected chi connectivity index (χ2v) is 4.37. The van der Waals surface area contributed by atoms with E-state index in [1.54, 1.807) is 5.38 Å². The van der Waals surface area contributed by atoms with E-state index in [9.17, 15) is 4.79 Å².